The molecule has 0 radical (unpaired) electrons. The SMILES string of the molecule is CC1(C)[C@@H]2CC[C@]1(C)[C@@H](Nc1ncc3c(n1)N(C1CCCC1)[C@]1(CCNC1=O)C3)C2. The number of rotatable bonds is 3. The Balaban J connectivity index is 1.33. The van der Waals surface area contributed by atoms with E-state index in [2.05, 4.69) is 36.3 Å². The number of nitrogens with one attached hydrogen (secondary N) is 2. The van der Waals surface area contributed by atoms with Crippen LogP contribution in [0.5, 0.6) is 0 Å². The van der Waals surface area contributed by atoms with E-state index in [1.807, 2.05) is 6.20 Å². The average Bonchev–Trinajstić information content (AvgIpc) is 3.48. The predicted octanol–water partition coefficient (Wildman–Crippen LogP) is 3.67. The molecule has 1 amide bonds. The second-order valence-electron chi connectivity index (χ2n) is 11.4. The van der Waals surface area contributed by atoms with E-state index in [0.29, 0.717) is 17.5 Å². The first-order valence-corrected chi connectivity index (χ1v) is 12.1. The van der Waals surface area contributed by atoms with E-state index in [0.717, 1.165) is 55.5 Å². The van der Waals surface area contributed by atoms with Crippen LogP contribution in [0.4, 0.5) is 11.8 Å². The maximum atomic E-state index is 13.0. The molecule has 4 atom stereocenters. The summed E-state index contributed by atoms with van der Waals surface area (Å²) in [7, 11) is 0. The van der Waals surface area contributed by atoms with Crippen molar-refractivity contribution in [1.29, 1.82) is 0 Å². The Morgan fingerprint density at radius 2 is 1.97 bits per heavy atom. The zero-order valence-electron chi connectivity index (χ0n) is 18.6. The van der Waals surface area contributed by atoms with E-state index >= 15 is 0 Å². The number of carbonyl (C=O) groups is 1. The van der Waals surface area contributed by atoms with Crippen molar-refractivity contribution in [3.63, 3.8) is 0 Å². The van der Waals surface area contributed by atoms with Gasteiger partial charge in [0.25, 0.3) is 0 Å². The van der Waals surface area contributed by atoms with Gasteiger partial charge in [-0.1, -0.05) is 33.6 Å². The van der Waals surface area contributed by atoms with Gasteiger partial charge in [0, 0.05) is 36.8 Å². The van der Waals surface area contributed by atoms with Gasteiger partial charge in [0.1, 0.15) is 11.4 Å². The molecule has 2 N–H and O–H groups in total. The highest BCUT2D eigenvalue weighted by molar-refractivity contribution is 5.94. The molecule has 6 rings (SSSR count). The lowest BCUT2D eigenvalue weighted by atomic mass is 9.69. The van der Waals surface area contributed by atoms with Gasteiger partial charge in [-0.05, 0) is 55.3 Å². The molecule has 3 saturated carbocycles. The van der Waals surface area contributed by atoms with E-state index in [1.54, 1.807) is 0 Å². The molecule has 1 aromatic rings. The molecular formula is C24H35N5O. The molecule has 2 aliphatic heterocycles. The van der Waals surface area contributed by atoms with Gasteiger partial charge in [0.05, 0.1) is 0 Å². The lowest BCUT2D eigenvalue weighted by Gasteiger charge is -2.40. The molecule has 0 aromatic carbocycles. The molecule has 4 fully saturated rings. The number of aromatic nitrogens is 2. The number of anilines is 2. The van der Waals surface area contributed by atoms with E-state index in [1.165, 1.54) is 32.1 Å². The van der Waals surface area contributed by atoms with Gasteiger partial charge in [0.15, 0.2) is 0 Å². The van der Waals surface area contributed by atoms with Gasteiger partial charge >= 0.3 is 0 Å². The summed E-state index contributed by atoms with van der Waals surface area (Å²) in [6.07, 6.45) is 12.3. The Bertz CT molecular complexity index is 894. The first kappa shape index (κ1) is 18.9. The van der Waals surface area contributed by atoms with Gasteiger partial charge in [0.2, 0.25) is 11.9 Å². The molecule has 162 valence electrons. The third-order valence-corrected chi connectivity index (χ3v) is 10.0. The minimum atomic E-state index is -0.439. The second-order valence-corrected chi connectivity index (χ2v) is 11.4. The molecule has 1 aromatic heterocycles. The van der Waals surface area contributed by atoms with Crippen LogP contribution < -0.4 is 15.5 Å². The van der Waals surface area contributed by atoms with Crippen LogP contribution >= 0.6 is 0 Å². The monoisotopic (exact) mass is 409 g/mol. The highest BCUT2D eigenvalue weighted by Gasteiger charge is 2.61. The lowest BCUT2D eigenvalue weighted by molar-refractivity contribution is -0.123. The lowest BCUT2D eigenvalue weighted by Crippen LogP contribution is -2.56. The quantitative estimate of drug-likeness (QED) is 0.797. The number of nitrogens with zero attached hydrogens (tertiary/aromatic N) is 3. The summed E-state index contributed by atoms with van der Waals surface area (Å²) in [5, 5.41) is 6.85. The maximum absolute atomic E-state index is 13.0. The van der Waals surface area contributed by atoms with Crippen molar-refractivity contribution >= 4 is 17.7 Å². The van der Waals surface area contributed by atoms with Crippen LogP contribution in [0, 0.1) is 16.7 Å². The minimum Gasteiger partial charge on any atom is -0.354 e. The first-order valence-electron chi connectivity index (χ1n) is 12.1. The fourth-order valence-corrected chi connectivity index (χ4v) is 7.73. The highest BCUT2D eigenvalue weighted by Crippen LogP contribution is 2.65. The summed E-state index contributed by atoms with van der Waals surface area (Å²) >= 11 is 0. The van der Waals surface area contributed by atoms with Crippen molar-refractivity contribution in [3.05, 3.63) is 11.8 Å². The summed E-state index contributed by atoms with van der Waals surface area (Å²) in [5.41, 5.74) is 1.36. The van der Waals surface area contributed by atoms with Crippen LogP contribution in [-0.2, 0) is 11.2 Å². The molecular weight excluding hydrogens is 374 g/mol. The fourth-order valence-electron chi connectivity index (χ4n) is 7.73. The van der Waals surface area contributed by atoms with Crippen molar-refractivity contribution in [3.8, 4) is 0 Å². The number of hydrogen-bond donors (Lipinski definition) is 2. The van der Waals surface area contributed by atoms with E-state index in [9.17, 15) is 4.79 Å². The van der Waals surface area contributed by atoms with E-state index < -0.39 is 5.54 Å². The molecule has 3 heterocycles. The van der Waals surface area contributed by atoms with Gasteiger partial charge < -0.3 is 15.5 Å². The largest absolute Gasteiger partial charge is 0.354 e. The van der Waals surface area contributed by atoms with Crippen LogP contribution in [0.15, 0.2) is 6.20 Å². The van der Waals surface area contributed by atoms with Gasteiger partial charge in [-0.2, -0.15) is 4.98 Å². The maximum Gasteiger partial charge on any atom is 0.246 e. The highest BCUT2D eigenvalue weighted by atomic mass is 16.2. The number of fused-ring (bicyclic) bond motifs is 3. The van der Waals surface area contributed by atoms with Crippen molar-refractivity contribution in [2.45, 2.75) is 96.2 Å². The second kappa shape index (κ2) is 6.10. The van der Waals surface area contributed by atoms with Crippen LogP contribution in [0.3, 0.4) is 0 Å². The number of hydrogen-bond acceptors (Lipinski definition) is 5. The van der Waals surface area contributed by atoms with Crippen LogP contribution in [-0.4, -0.2) is 40.0 Å². The minimum absolute atomic E-state index is 0.185. The third-order valence-electron chi connectivity index (χ3n) is 10.0. The van der Waals surface area contributed by atoms with Gasteiger partial charge in [-0.15, -0.1) is 0 Å². The molecule has 1 spiro atoms. The number of carbonyl (C=O) groups excluding carboxylic acids is 1. The van der Waals surface area contributed by atoms with Gasteiger partial charge in [-0.25, -0.2) is 4.98 Å². The summed E-state index contributed by atoms with van der Waals surface area (Å²) in [5.74, 6) is 2.74. The molecule has 5 aliphatic rings. The van der Waals surface area contributed by atoms with Crippen LogP contribution in [0.1, 0.15) is 77.7 Å². The van der Waals surface area contributed by atoms with Crippen molar-refractivity contribution in [2.24, 2.45) is 16.7 Å². The Morgan fingerprint density at radius 3 is 2.60 bits per heavy atom. The Kier molecular flexibility index (Phi) is 3.84. The summed E-state index contributed by atoms with van der Waals surface area (Å²) in [4.78, 5) is 25.2. The predicted molar refractivity (Wildman–Crippen MR) is 117 cm³/mol. The Hall–Kier alpha value is -1.85. The summed E-state index contributed by atoms with van der Waals surface area (Å²) < 4.78 is 0. The molecule has 2 bridgehead atoms. The first-order chi connectivity index (χ1) is 14.3. The van der Waals surface area contributed by atoms with Crippen molar-refractivity contribution < 1.29 is 4.79 Å². The molecule has 3 aliphatic carbocycles. The van der Waals surface area contributed by atoms with Crippen LogP contribution in [0.2, 0.25) is 0 Å². The fraction of sp³-hybridized carbons (Fsp3) is 0.792. The number of amides is 1. The van der Waals surface area contributed by atoms with Crippen LogP contribution in [0.25, 0.3) is 0 Å². The Labute approximate surface area is 179 Å². The zero-order chi connectivity index (χ0) is 20.7. The topological polar surface area (TPSA) is 70.2 Å². The molecule has 30 heavy (non-hydrogen) atoms. The van der Waals surface area contributed by atoms with Crippen molar-refractivity contribution in [2.75, 3.05) is 16.8 Å². The molecule has 6 nitrogen and oxygen atoms in total. The van der Waals surface area contributed by atoms with E-state index in [4.69, 9.17) is 9.97 Å². The van der Waals surface area contributed by atoms with E-state index in [-0.39, 0.29) is 11.3 Å². The molecule has 6 heteroatoms. The summed E-state index contributed by atoms with van der Waals surface area (Å²) in [6, 6.07) is 0.853. The average molecular weight is 410 g/mol. The third kappa shape index (κ3) is 2.28. The zero-order valence-corrected chi connectivity index (χ0v) is 18.6. The summed E-state index contributed by atoms with van der Waals surface area (Å²) in [6.45, 7) is 8.11. The van der Waals surface area contributed by atoms with Gasteiger partial charge in [-0.3, -0.25) is 4.79 Å². The molecule has 0 unspecified atom stereocenters. The Morgan fingerprint density at radius 1 is 1.17 bits per heavy atom. The standard InChI is InChI=1S/C24H35N5O/c1-22(2)16-8-9-23(22,3)18(12-16)27-21-26-14-15-13-24(10-11-25-20(24)30)29(19(15)28-21)17-6-4-5-7-17/h14,16-18H,4-13H2,1-3H3,(H,25,30)(H,26,27,28)/t16-,18+,23-,24-/m1/s1. The molecule has 1 saturated heterocycles. The smallest absolute Gasteiger partial charge is 0.246 e. The normalized spacial score (nSPS) is 39.2. The van der Waals surface area contributed by atoms with Crippen molar-refractivity contribution in [1.82, 2.24) is 15.3 Å².